The summed E-state index contributed by atoms with van der Waals surface area (Å²) in [6.07, 6.45) is 0.174. The van der Waals surface area contributed by atoms with Crippen molar-refractivity contribution in [2.24, 2.45) is 4.99 Å². The summed E-state index contributed by atoms with van der Waals surface area (Å²) in [4.78, 5) is 33.0. The minimum atomic E-state index is -0.518. The van der Waals surface area contributed by atoms with Crippen molar-refractivity contribution < 1.29 is 19.1 Å². The number of hydrogen-bond acceptors (Lipinski definition) is 7. The molecule has 2 aliphatic heterocycles. The monoisotopic (exact) mass is 491 g/mol. The number of carbonyl (C=O) groups is 2. The Morgan fingerprint density at radius 2 is 1.83 bits per heavy atom. The number of amides is 1. The molecule has 2 aliphatic rings. The molecule has 0 radical (unpaired) electrons. The quantitative estimate of drug-likeness (QED) is 0.530. The normalized spacial score (nSPS) is 17.1. The van der Waals surface area contributed by atoms with Crippen molar-refractivity contribution in [3.8, 4) is 5.75 Å². The van der Waals surface area contributed by atoms with Crippen LogP contribution in [0.2, 0.25) is 0 Å². The second-order valence-electron chi connectivity index (χ2n) is 8.41. The predicted molar refractivity (Wildman–Crippen MR) is 139 cm³/mol. The lowest BCUT2D eigenvalue weighted by molar-refractivity contribution is -0.139. The van der Waals surface area contributed by atoms with Gasteiger partial charge in [-0.1, -0.05) is 54.2 Å². The van der Waals surface area contributed by atoms with Crippen LogP contribution in [-0.4, -0.2) is 41.7 Å². The van der Waals surface area contributed by atoms with E-state index in [2.05, 4.69) is 5.32 Å². The lowest BCUT2D eigenvalue weighted by Gasteiger charge is -2.37. The van der Waals surface area contributed by atoms with Crippen molar-refractivity contribution in [2.75, 3.05) is 13.7 Å². The number of esters is 1. The molecule has 2 heterocycles. The molecule has 0 aromatic heterocycles. The summed E-state index contributed by atoms with van der Waals surface area (Å²) in [5, 5.41) is 5.60. The maximum Gasteiger partial charge on any atom is 0.338 e. The molecule has 4 rings (SSSR count). The standard InChI is InChI=1S/C27H29N3O4S/c1-5-34-26(32)23-24(18-9-7-6-8-10-18)29-27-30(20(16-35-27)15-22(31)28-17(2)3)25(23)19-11-13-21(33-4)14-12-19/h6-14,16-17,25H,5,15H2,1-4H3,(H,28,31). The van der Waals surface area contributed by atoms with Gasteiger partial charge in [-0.3, -0.25) is 4.79 Å². The molecule has 1 amide bonds. The van der Waals surface area contributed by atoms with E-state index in [0.29, 0.717) is 22.2 Å². The summed E-state index contributed by atoms with van der Waals surface area (Å²) in [6, 6.07) is 16.7. The van der Waals surface area contributed by atoms with Gasteiger partial charge in [0.05, 0.1) is 37.4 Å². The van der Waals surface area contributed by atoms with E-state index in [1.807, 2.05) is 78.8 Å². The molecule has 0 spiro atoms. The Labute approximate surface area is 209 Å². The largest absolute Gasteiger partial charge is 0.497 e. The molecule has 8 heteroatoms. The van der Waals surface area contributed by atoms with E-state index in [1.165, 1.54) is 11.8 Å². The van der Waals surface area contributed by atoms with Gasteiger partial charge in [-0.05, 0) is 43.9 Å². The summed E-state index contributed by atoms with van der Waals surface area (Å²) in [5.41, 5.74) is 3.48. The van der Waals surface area contributed by atoms with E-state index in [-0.39, 0.29) is 25.0 Å². The summed E-state index contributed by atoms with van der Waals surface area (Å²) in [7, 11) is 1.61. The van der Waals surface area contributed by atoms with Crippen LogP contribution in [0.4, 0.5) is 0 Å². The van der Waals surface area contributed by atoms with Gasteiger partial charge in [0.15, 0.2) is 5.17 Å². The summed E-state index contributed by atoms with van der Waals surface area (Å²) in [6.45, 7) is 5.88. The van der Waals surface area contributed by atoms with E-state index in [1.54, 1.807) is 14.0 Å². The second kappa shape index (κ2) is 10.8. The summed E-state index contributed by atoms with van der Waals surface area (Å²) in [5.74, 6) is 0.196. The second-order valence-corrected chi connectivity index (χ2v) is 9.25. The van der Waals surface area contributed by atoms with Crippen LogP contribution in [0.1, 0.15) is 44.4 Å². The van der Waals surface area contributed by atoms with Gasteiger partial charge in [-0.15, -0.1) is 0 Å². The molecule has 1 N–H and O–H groups in total. The molecule has 0 saturated heterocycles. The van der Waals surface area contributed by atoms with Crippen LogP contribution in [0.25, 0.3) is 5.70 Å². The van der Waals surface area contributed by atoms with E-state index < -0.39 is 12.0 Å². The van der Waals surface area contributed by atoms with E-state index in [9.17, 15) is 9.59 Å². The number of amidine groups is 1. The molecular formula is C27H29N3O4S. The molecule has 1 atom stereocenters. The number of hydrogen-bond donors (Lipinski definition) is 1. The van der Waals surface area contributed by atoms with Crippen LogP contribution in [0.3, 0.4) is 0 Å². The first-order chi connectivity index (χ1) is 16.9. The van der Waals surface area contributed by atoms with Crippen molar-refractivity contribution in [1.82, 2.24) is 10.2 Å². The first-order valence-corrected chi connectivity index (χ1v) is 12.4. The number of nitrogens with one attached hydrogen (secondary N) is 1. The van der Waals surface area contributed by atoms with Crippen molar-refractivity contribution >= 4 is 34.5 Å². The highest BCUT2D eigenvalue weighted by atomic mass is 32.2. The van der Waals surface area contributed by atoms with Gasteiger partial charge >= 0.3 is 5.97 Å². The van der Waals surface area contributed by atoms with Crippen LogP contribution >= 0.6 is 11.8 Å². The third-order valence-corrected chi connectivity index (χ3v) is 6.46. The third-order valence-electron chi connectivity index (χ3n) is 5.58. The molecule has 0 bridgehead atoms. The molecule has 2 aromatic rings. The fourth-order valence-electron chi connectivity index (χ4n) is 4.13. The van der Waals surface area contributed by atoms with Crippen molar-refractivity contribution in [2.45, 2.75) is 39.3 Å². The number of thioether (sulfide) groups is 1. The predicted octanol–water partition coefficient (Wildman–Crippen LogP) is 4.89. The summed E-state index contributed by atoms with van der Waals surface area (Å²) >= 11 is 1.45. The SMILES string of the molecule is CCOC(=O)C1=C(c2ccccc2)N=C2SC=C(CC(=O)NC(C)C)N2C1c1ccc(OC)cc1. The van der Waals surface area contributed by atoms with Gasteiger partial charge in [-0.2, -0.15) is 0 Å². The Morgan fingerprint density at radius 3 is 2.46 bits per heavy atom. The lowest BCUT2D eigenvalue weighted by atomic mass is 9.91. The third kappa shape index (κ3) is 5.27. The minimum absolute atomic E-state index is 0.0312. The summed E-state index contributed by atoms with van der Waals surface area (Å²) < 4.78 is 10.9. The zero-order valence-electron chi connectivity index (χ0n) is 20.3. The number of benzene rings is 2. The average molecular weight is 492 g/mol. The molecule has 1 unspecified atom stereocenters. The number of aliphatic imine (C=N–C) groups is 1. The molecular weight excluding hydrogens is 462 g/mol. The van der Waals surface area contributed by atoms with Gasteiger partial charge in [0.2, 0.25) is 5.91 Å². The lowest BCUT2D eigenvalue weighted by Crippen LogP contribution is -2.38. The molecule has 2 aromatic carbocycles. The first-order valence-electron chi connectivity index (χ1n) is 11.6. The smallest absolute Gasteiger partial charge is 0.338 e. The Balaban J connectivity index is 1.86. The molecule has 7 nitrogen and oxygen atoms in total. The van der Waals surface area contributed by atoms with Crippen LogP contribution in [0.15, 0.2) is 76.3 Å². The Hall–Kier alpha value is -3.52. The highest BCUT2D eigenvalue weighted by Gasteiger charge is 2.42. The van der Waals surface area contributed by atoms with Gasteiger partial charge in [0.1, 0.15) is 5.75 Å². The van der Waals surface area contributed by atoms with Crippen LogP contribution in [0.5, 0.6) is 5.75 Å². The fraction of sp³-hybridized carbons (Fsp3) is 0.296. The average Bonchev–Trinajstić information content (AvgIpc) is 3.25. The maximum atomic E-state index is 13.4. The first kappa shape index (κ1) is 24.6. The number of fused-ring (bicyclic) bond motifs is 1. The number of carbonyl (C=O) groups excluding carboxylic acids is 2. The van der Waals surface area contributed by atoms with Gasteiger partial charge in [-0.25, -0.2) is 9.79 Å². The highest BCUT2D eigenvalue weighted by Crippen LogP contribution is 2.47. The number of methoxy groups -OCH3 is 1. The molecule has 182 valence electrons. The maximum absolute atomic E-state index is 13.4. The van der Waals surface area contributed by atoms with Crippen LogP contribution in [-0.2, 0) is 14.3 Å². The Bertz CT molecular complexity index is 1190. The Kier molecular flexibility index (Phi) is 7.60. The van der Waals surface area contributed by atoms with Crippen LogP contribution in [0, 0.1) is 0 Å². The van der Waals surface area contributed by atoms with Crippen LogP contribution < -0.4 is 10.1 Å². The van der Waals surface area contributed by atoms with Crippen molar-refractivity contribution in [3.05, 3.63) is 82.4 Å². The van der Waals surface area contributed by atoms with E-state index in [4.69, 9.17) is 14.5 Å². The fourth-order valence-corrected chi connectivity index (χ4v) is 5.05. The highest BCUT2D eigenvalue weighted by molar-refractivity contribution is 8.16. The topological polar surface area (TPSA) is 80.2 Å². The van der Waals surface area contributed by atoms with Gasteiger partial charge in [0.25, 0.3) is 0 Å². The molecule has 0 saturated carbocycles. The van der Waals surface area contributed by atoms with Gasteiger partial charge in [0, 0.05) is 17.3 Å². The number of nitrogens with zero attached hydrogens (tertiary/aromatic N) is 2. The Morgan fingerprint density at radius 1 is 1.11 bits per heavy atom. The number of ether oxygens (including phenoxy) is 2. The molecule has 0 aliphatic carbocycles. The van der Waals surface area contributed by atoms with E-state index >= 15 is 0 Å². The van der Waals surface area contributed by atoms with E-state index in [0.717, 1.165) is 16.8 Å². The zero-order valence-corrected chi connectivity index (χ0v) is 21.1. The molecule has 0 fully saturated rings. The van der Waals surface area contributed by atoms with Gasteiger partial charge < -0.3 is 19.7 Å². The minimum Gasteiger partial charge on any atom is -0.497 e. The molecule has 35 heavy (non-hydrogen) atoms. The number of rotatable bonds is 8. The van der Waals surface area contributed by atoms with Crippen molar-refractivity contribution in [1.29, 1.82) is 0 Å². The van der Waals surface area contributed by atoms with Crippen molar-refractivity contribution in [3.63, 3.8) is 0 Å². The zero-order chi connectivity index (χ0) is 24.9.